The molecule has 2 N–H and O–H groups in total. The molecule has 1 heterocycles. The quantitative estimate of drug-likeness (QED) is 0.485. The average molecular weight is 480 g/mol. The average Bonchev–Trinajstić information content (AvgIpc) is 3.17. The van der Waals surface area contributed by atoms with Crippen molar-refractivity contribution in [2.24, 2.45) is 5.92 Å². The molecule has 1 fully saturated rings. The van der Waals surface area contributed by atoms with E-state index in [4.69, 9.17) is 32.7 Å². The zero-order valence-electron chi connectivity index (χ0n) is 16.9. The predicted molar refractivity (Wildman–Crippen MR) is 116 cm³/mol. The lowest BCUT2D eigenvalue weighted by Crippen LogP contribution is -2.43. The van der Waals surface area contributed by atoms with E-state index in [0.717, 1.165) is 0 Å². The lowest BCUT2D eigenvalue weighted by atomic mass is 10.1. The Labute approximate surface area is 193 Å². The second-order valence-electron chi connectivity index (χ2n) is 6.84. The van der Waals surface area contributed by atoms with Crippen LogP contribution >= 0.6 is 23.2 Å². The normalized spacial score (nSPS) is 15.3. The Morgan fingerprint density at radius 2 is 1.75 bits per heavy atom. The molecule has 0 spiro atoms. The molecule has 0 aromatic heterocycles. The van der Waals surface area contributed by atoms with Gasteiger partial charge in [0.1, 0.15) is 5.75 Å². The van der Waals surface area contributed by atoms with E-state index < -0.39 is 30.3 Å². The van der Waals surface area contributed by atoms with Crippen LogP contribution in [0.2, 0.25) is 10.0 Å². The summed E-state index contributed by atoms with van der Waals surface area (Å²) in [5.41, 5.74) is 5.08. The van der Waals surface area contributed by atoms with Crippen LogP contribution in [0, 0.1) is 5.92 Å². The lowest BCUT2D eigenvalue weighted by molar-refractivity contribution is -0.152. The van der Waals surface area contributed by atoms with Crippen LogP contribution in [-0.2, 0) is 19.1 Å². The molecule has 0 bridgehead atoms. The Kier molecular flexibility index (Phi) is 7.55. The highest BCUT2D eigenvalue weighted by molar-refractivity contribution is 6.31. The fourth-order valence-electron chi connectivity index (χ4n) is 3.06. The van der Waals surface area contributed by atoms with E-state index in [1.54, 1.807) is 18.2 Å². The smallest absolute Gasteiger partial charge is 0.311 e. The number of carbonyl (C=O) groups is 4. The molecule has 0 unspecified atom stereocenters. The molecule has 0 aliphatic carbocycles. The second kappa shape index (κ2) is 10.3. The van der Waals surface area contributed by atoms with Gasteiger partial charge in [-0.05, 0) is 42.5 Å². The Morgan fingerprint density at radius 3 is 2.44 bits per heavy atom. The monoisotopic (exact) mass is 479 g/mol. The molecule has 1 atom stereocenters. The van der Waals surface area contributed by atoms with Gasteiger partial charge in [-0.2, -0.15) is 0 Å². The summed E-state index contributed by atoms with van der Waals surface area (Å²) in [5, 5.41) is 0.882. The molecule has 3 amide bonds. The minimum absolute atomic E-state index is 0.0588. The summed E-state index contributed by atoms with van der Waals surface area (Å²) < 4.78 is 10.3. The second-order valence-corrected chi connectivity index (χ2v) is 7.71. The van der Waals surface area contributed by atoms with Gasteiger partial charge in [-0.25, -0.2) is 0 Å². The number of esters is 1. The van der Waals surface area contributed by atoms with Crippen LogP contribution in [-0.4, -0.2) is 44.0 Å². The molecule has 3 rings (SSSR count). The van der Waals surface area contributed by atoms with Gasteiger partial charge in [-0.3, -0.25) is 30.0 Å². The number of ether oxygens (including phenoxy) is 2. The van der Waals surface area contributed by atoms with Crippen LogP contribution in [0.1, 0.15) is 16.8 Å². The third-order valence-corrected chi connectivity index (χ3v) is 5.14. The maximum absolute atomic E-state index is 12.4. The summed E-state index contributed by atoms with van der Waals surface area (Å²) in [4.78, 5) is 50.0. The van der Waals surface area contributed by atoms with Crippen LogP contribution in [0.5, 0.6) is 5.75 Å². The van der Waals surface area contributed by atoms with Crippen molar-refractivity contribution >= 4 is 52.6 Å². The van der Waals surface area contributed by atoms with Crippen LogP contribution in [0.25, 0.3) is 0 Å². The standard InChI is InChI=1S/C21H19Cl2N3O6/c1-31-17-7-6-15(23)9-16(17)26-10-13(8-19(26)28)21(30)32-11-18(27)24-25-20(29)12-2-4-14(22)5-3-12/h2-7,9,13H,8,10-11H2,1H3,(H,24,27)(H,25,29)/t13-/m1/s1. The van der Waals surface area contributed by atoms with Crippen LogP contribution < -0.4 is 20.5 Å². The molecule has 0 radical (unpaired) electrons. The van der Waals surface area contributed by atoms with Crippen molar-refractivity contribution in [1.82, 2.24) is 10.9 Å². The minimum atomic E-state index is -0.761. The van der Waals surface area contributed by atoms with E-state index in [9.17, 15) is 19.2 Å². The zero-order valence-corrected chi connectivity index (χ0v) is 18.4. The summed E-state index contributed by atoms with van der Waals surface area (Å²) >= 11 is 11.8. The Hall–Kier alpha value is -3.30. The number of anilines is 1. The van der Waals surface area contributed by atoms with Gasteiger partial charge in [0.05, 0.1) is 18.7 Å². The van der Waals surface area contributed by atoms with Gasteiger partial charge in [0, 0.05) is 28.6 Å². The van der Waals surface area contributed by atoms with E-state index in [-0.39, 0.29) is 24.4 Å². The first-order valence-electron chi connectivity index (χ1n) is 9.43. The number of rotatable bonds is 6. The van der Waals surface area contributed by atoms with Crippen molar-refractivity contribution in [3.8, 4) is 5.75 Å². The number of benzene rings is 2. The van der Waals surface area contributed by atoms with Crippen LogP contribution in [0.15, 0.2) is 42.5 Å². The van der Waals surface area contributed by atoms with Gasteiger partial charge in [-0.1, -0.05) is 23.2 Å². The van der Waals surface area contributed by atoms with Crippen molar-refractivity contribution in [2.45, 2.75) is 6.42 Å². The van der Waals surface area contributed by atoms with Gasteiger partial charge in [-0.15, -0.1) is 0 Å². The van der Waals surface area contributed by atoms with Gasteiger partial charge < -0.3 is 14.4 Å². The van der Waals surface area contributed by atoms with E-state index in [0.29, 0.717) is 21.5 Å². The number of halogens is 2. The third-order valence-electron chi connectivity index (χ3n) is 4.66. The van der Waals surface area contributed by atoms with E-state index >= 15 is 0 Å². The molecular formula is C21H19Cl2N3O6. The number of hydrogen-bond donors (Lipinski definition) is 2. The summed E-state index contributed by atoms with van der Waals surface area (Å²) in [7, 11) is 1.46. The highest BCUT2D eigenvalue weighted by Gasteiger charge is 2.37. The topological polar surface area (TPSA) is 114 Å². The Bertz CT molecular complexity index is 1040. The minimum Gasteiger partial charge on any atom is -0.495 e. The summed E-state index contributed by atoms with van der Waals surface area (Å²) in [6.45, 7) is -0.561. The number of hydrazine groups is 1. The number of hydrogen-bond acceptors (Lipinski definition) is 6. The van der Waals surface area contributed by atoms with E-state index in [1.807, 2.05) is 0 Å². The molecule has 168 valence electrons. The first kappa shape index (κ1) is 23.4. The molecule has 1 saturated heterocycles. The number of nitrogens with one attached hydrogen (secondary N) is 2. The molecule has 1 aliphatic heterocycles. The molecular weight excluding hydrogens is 461 g/mol. The SMILES string of the molecule is COc1ccc(Cl)cc1N1C[C@H](C(=O)OCC(=O)NNC(=O)c2ccc(Cl)cc2)CC1=O. The zero-order chi connectivity index (χ0) is 23.3. The van der Waals surface area contributed by atoms with Crippen molar-refractivity contribution < 1.29 is 28.7 Å². The summed E-state index contributed by atoms with van der Waals surface area (Å²) in [5.74, 6) is -2.63. The largest absolute Gasteiger partial charge is 0.495 e. The Balaban J connectivity index is 1.49. The highest BCUT2D eigenvalue weighted by Crippen LogP contribution is 2.35. The molecule has 2 aromatic rings. The summed E-state index contributed by atoms with van der Waals surface area (Å²) in [6.07, 6.45) is -0.0799. The number of methoxy groups -OCH3 is 1. The molecule has 32 heavy (non-hydrogen) atoms. The van der Waals surface area contributed by atoms with Gasteiger partial charge in [0.25, 0.3) is 11.8 Å². The Morgan fingerprint density at radius 1 is 1.06 bits per heavy atom. The summed E-state index contributed by atoms with van der Waals surface area (Å²) in [6, 6.07) is 10.9. The number of nitrogens with zero attached hydrogens (tertiary/aromatic N) is 1. The van der Waals surface area contributed by atoms with Crippen molar-refractivity contribution in [3.63, 3.8) is 0 Å². The fourth-order valence-corrected chi connectivity index (χ4v) is 3.36. The number of amides is 3. The van der Waals surface area contributed by atoms with Crippen LogP contribution in [0.4, 0.5) is 5.69 Å². The molecule has 9 nitrogen and oxygen atoms in total. The van der Waals surface area contributed by atoms with E-state index in [2.05, 4.69) is 10.9 Å². The first-order chi connectivity index (χ1) is 15.3. The predicted octanol–water partition coefficient (Wildman–Crippen LogP) is 2.36. The fraction of sp³-hybridized carbons (Fsp3) is 0.238. The van der Waals surface area contributed by atoms with Gasteiger partial charge in [0.2, 0.25) is 5.91 Å². The lowest BCUT2D eigenvalue weighted by Gasteiger charge is -2.19. The van der Waals surface area contributed by atoms with Gasteiger partial charge >= 0.3 is 5.97 Å². The van der Waals surface area contributed by atoms with Crippen molar-refractivity contribution in [2.75, 3.05) is 25.2 Å². The maximum atomic E-state index is 12.4. The third kappa shape index (κ3) is 5.68. The molecule has 2 aromatic carbocycles. The van der Waals surface area contributed by atoms with Crippen molar-refractivity contribution in [3.05, 3.63) is 58.1 Å². The molecule has 11 heteroatoms. The highest BCUT2D eigenvalue weighted by atomic mass is 35.5. The van der Waals surface area contributed by atoms with Crippen LogP contribution in [0.3, 0.4) is 0 Å². The van der Waals surface area contributed by atoms with Crippen molar-refractivity contribution in [1.29, 1.82) is 0 Å². The first-order valence-corrected chi connectivity index (χ1v) is 10.2. The van der Waals surface area contributed by atoms with Gasteiger partial charge in [0.15, 0.2) is 6.61 Å². The van der Waals surface area contributed by atoms with E-state index in [1.165, 1.54) is 36.3 Å². The molecule has 0 saturated carbocycles. The maximum Gasteiger partial charge on any atom is 0.311 e. The molecule has 1 aliphatic rings. The number of carbonyl (C=O) groups excluding carboxylic acids is 4.